The predicted molar refractivity (Wildman–Crippen MR) is 104 cm³/mol. The van der Waals surface area contributed by atoms with Crippen molar-refractivity contribution < 1.29 is 9.84 Å². The highest BCUT2D eigenvalue weighted by molar-refractivity contribution is 7.99. The highest BCUT2D eigenvalue weighted by Crippen LogP contribution is 2.23. The Labute approximate surface area is 162 Å². The van der Waals surface area contributed by atoms with Gasteiger partial charge >= 0.3 is 0 Å². The van der Waals surface area contributed by atoms with Crippen molar-refractivity contribution in [3.05, 3.63) is 65.5 Å². The van der Waals surface area contributed by atoms with Crippen molar-refractivity contribution >= 4 is 11.8 Å². The number of rotatable bonds is 7. The predicted octanol–water partition coefficient (Wildman–Crippen LogP) is 3.29. The van der Waals surface area contributed by atoms with E-state index in [2.05, 4.69) is 22.3 Å². The second-order valence-electron chi connectivity index (χ2n) is 6.12. The zero-order chi connectivity index (χ0) is 19.2. The summed E-state index contributed by atoms with van der Waals surface area (Å²) in [6, 6.07) is 17.0. The number of hydrogen-bond acceptors (Lipinski definition) is 6. The Bertz CT molecular complexity index is 947. The second-order valence-corrected chi connectivity index (χ2v) is 7.10. The van der Waals surface area contributed by atoms with Gasteiger partial charge in [0, 0.05) is 11.4 Å². The molecule has 2 aromatic carbocycles. The summed E-state index contributed by atoms with van der Waals surface area (Å²) in [7, 11) is 0. The average molecular weight is 380 g/mol. The lowest BCUT2D eigenvalue weighted by Crippen LogP contribution is -2.20. The molecule has 1 heterocycles. The summed E-state index contributed by atoms with van der Waals surface area (Å²) in [4.78, 5) is 0. The molecule has 27 heavy (non-hydrogen) atoms. The van der Waals surface area contributed by atoms with Crippen LogP contribution in [0.2, 0.25) is 0 Å². The molecule has 0 amide bonds. The molecule has 0 spiro atoms. The molecule has 7 heteroatoms. The van der Waals surface area contributed by atoms with Crippen LogP contribution in [0.15, 0.2) is 53.7 Å². The van der Waals surface area contributed by atoms with Crippen LogP contribution in [0.4, 0.5) is 0 Å². The maximum Gasteiger partial charge on any atom is 0.195 e. The van der Waals surface area contributed by atoms with Gasteiger partial charge in [-0.05, 0) is 55.8 Å². The van der Waals surface area contributed by atoms with Crippen molar-refractivity contribution in [2.45, 2.75) is 25.1 Å². The fourth-order valence-corrected chi connectivity index (χ4v) is 3.44. The van der Waals surface area contributed by atoms with Crippen LogP contribution in [0.25, 0.3) is 5.69 Å². The van der Waals surface area contributed by atoms with Crippen molar-refractivity contribution in [1.82, 2.24) is 14.8 Å². The number of aliphatic hydroxyl groups excluding tert-OH is 1. The van der Waals surface area contributed by atoms with Crippen molar-refractivity contribution in [3.63, 3.8) is 0 Å². The third kappa shape index (κ3) is 4.88. The molecule has 0 aliphatic rings. The first-order valence-electron chi connectivity index (χ1n) is 8.49. The Kier molecular flexibility index (Phi) is 6.12. The molecule has 1 N–H and O–H groups in total. The molecule has 1 atom stereocenters. The van der Waals surface area contributed by atoms with Gasteiger partial charge in [-0.15, -0.1) is 10.2 Å². The quantitative estimate of drug-likeness (QED) is 0.633. The van der Waals surface area contributed by atoms with Crippen LogP contribution >= 0.6 is 11.8 Å². The van der Waals surface area contributed by atoms with Crippen LogP contribution in [0.5, 0.6) is 5.75 Å². The minimum Gasteiger partial charge on any atom is -0.491 e. The standard InChI is InChI=1S/C20H20N4O2S/c1-14-4-3-5-17(10-14)24-15(2)22-23-20(24)27-13-18(25)12-26-19-8-6-16(11-21)7-9-19/h3-10,18,25H,12-13H2,1-2H3/t18-/m0/s1. The van der Waals surface area contributed by atoms with E-state index in [0.29, 0.717) is 17.1 Å². The second kappa shape index (κ2) is 8.71. The Hall–Kier alpha value is -2.82. The Balaban J connectivity index is 1.59. The van der Waals surface area contributed by atoms with E-state index in [0.717, 1.165) is 22.2 Å². The molecule has 0 saturated heterocycles. The summed E-state index contributed by atoms with van der Waals surface area (Å²) in [5, 5.41) is 28.1. The fourth-order valence-electron chi connectivity index (χ4n) is 2.54. The zero-order valence-corrected chi connectivity index (χ0v) is 16.0. The molecule has 3 aromatic rings. The monoisotopic (exact) mass is 380 g/mol. The minimum atomic E-state index is -0.659. The number of thioether (sulfide) groups is 1. The third-order valence-corrected chi connectivity index (χ3v) is 4.96. The van der Waals surface area contributed by atoms with E-state index in [4.69, 9.17) is 10.00 Å². The summed E-state index contributed by atoms with van der Waals surface area (Å²) >= 11 is 1.43. The number of hydrogen-bond donors (Lipinski definition) is 1. The number of aromatic nitrogens is 3. The fraction of sp³-hybridized carbons (Fsp3) is 0.250. The summed E-state index contributed by atoms with van der Waals surface area (Å²) in [6.45, 7) is 4.11. The van der Waals surface area contributed by atoms with Gasteiger partial charge in [0.25, 0.3) is 0 Å². The maximum absolute atomic E-state index is 10.2. The van der Waals surface area contributed by atoms with Crippen LogP contribution in [0, 0.1) is 25.2 Å². The van der Waals surface area contributed by atoms with Gasteiger partial charge in [0.15, 0.2) is 5.16 Å². The smallest absolute Gasteiger partial charge is 0.195 e. The molecule has 0 fully saturated rings. The topological polar surface area (TPSA) is 84.0 Å². The lowest BCUT2D eigenvalue weighted by atomic mass is 10.2. The lowest BCUT2D eigenvalue weighted by molar-refractivity contribution is 0.126. The van der Waals surface area contributed by atoms with Gasteiger partial charge in [-0.1, -0.05) is 23.9 Å². The van der Waals surface area contributed by atoms with E-state index in [-0.39, 0.29) is 6.61 Å². The summed E-state index contributed by atoms with van der Waals surface area (Å²) in [5.41, 5.74) is 2.74. The van der Waals surface area contributed by atoms with Crippen LogP contribution < -0.4 is 4.74 Å². The molecular formula is C20H20N4O2S. The molecule has 0 radical (unpaired) electrons. The van der Waals surface area contributed by atoms with E-state index >= 15 is 0 Å². The summed E-state index contributed by atoms with van der Waals surface area (Å²) in [6.07, 6.45) is -0.659. The van der Waals surface area contributed by atoms with Crippen molar-refractivity contribution in [3.8, 4) is 17.5 Å². The van der Waals surface area contributed by atoms with Crippen LogP contribution in [-0.2, 0) is 0 Å². The number of aryl methyl sites for hydroxylation is 2. The molecule has 0 unspecified atom stereocenters. The minimum absolute atomic E-state index is 0.163. The normalized spacial score (nSPS) is 11.8. The van der Waals surface area contributed by atoms with Crippen molar-refractivity contribution in [2.75, 3.05) is 12.4 Å². The molecule has 6 nitrogen and oxygen atoms in total. The Morgan fingerprint density at radius 1 is 1.19 bits per heavy atom. The number of ether oxygens (including phenoxy) is 1. The number of benzene rings is 2. The van der Waals surface area contributed by atoms with Gasteiger partial charge in [0.2, 0.25) is 0 Å². The van der Waals surface area contributed by atoms with Crippen LogP contribution in [0.1, 0.15) is 17.0 Å². The first kappa shape index (κ1) is 19.0. The van der Waals surface area contributed by atoms with Crippen LogP contribution in [-0.4, -0.2) is 38.3 Å². The molecule has 0 saturated carbocycles. The molecule has 3 rings (SSSR count). The number of nitriles is 1. The molecular weight excluding hydrogens is 360 g/mol. The van der Waals surface area contributed by atoms with Gasteiger partial charge in [-0.25, -0.2) is 0 Å². The van der Waals surface area contributed by atoms with Gasteiger partial charge in [-0.2, -0.15) is 5.26 Å². The van der Waals surface area contributed by atoms with Crippen molar-refractivity contribution in [2.24, 2.45) is 0 Å². The van der Waals surface area contributed by atoms with Crippen molar-refractivity contribution in [1.29, 1.82) is 5.26 Å². The van der Waals surface area contributed by atoms with E-state index in [1.54, 1.807) is 24.3 Å². The SMILES string of the molecule is Cc1cccc(-n2c(C)nnc2SC[C@@H](O)COc2ccc(C#N)cc2)c1. The Morgan fingerprint density at radius 3 is 2.67 bits per heavy atom. The molecule has 0 aliphatic heterocycles. The van der Waals surface area contributed by atoms with E-state index in [1.807, 2.05) is 36.6 Å². The Morgan fingerprint density at radius 2 is 1.96 bits per heavy atom. The van der Waals surface area contributed by atoms with E-state index in [9.17, 15) is 5.11 Å². The van der Waals surface area contributed by atoms with E-state index < -0.39 is 6.10 Å². The largest absolute Gasteiger partial charge is 0.491 e. The van der Waals surface area contributed by atoms with Gasteiger partial charge in [-0.3, -0.25) is 4.57 Å². The number of aliphatic hydroxyl groups is 1. The average Bonchev–Trinajstić information content (AvgIpc) is 3.05. The lowest BCUT2D eigenvalue weighted by Gasteiger charge is -2.13. The molecule has 0 aliphatic carbocycles. The van der Waals surface area contributed by atoms with E-state index in [1.165, 1.54) is 11.8 Å². The molecule has 0 bridgehead atoms. The number of nitrogens with zero attached hydrogens (tertiary/aromatic N) is 4. The first-order valence-corrected chi connectivity index (χ1v) is 9.48. The maximum atomic E-state index is 10.2. The van der Waals surface area contributed by atoms with Gasteiger partial charge in [0.1, 0.15) is 18.2 Å². The highest BCUT2D eigenvalue weighted by Gasteiger charge is 2.14. The van der Waals surface area contributed by atoms with Gasteiger partial charge in [0.05, 0.1) is 17.7 Å². The zero-order valence-electron chi connectivity index (χ0n) is 15.2. The first-order chi connectivity index (χ1) is 13.1. The molecule has 138 valence electrons. The summed E-state index contributed by atoms with van der Waals surface area (Å²) < 4.78 is 7.55. The highest BCUT2D eigenvalue weighted by atomic mass is 32.2. The molecule has 1 aromatic heterocycles. The third-order valence-electron chi connectivity index (χ3n) is 3.89. The van der Waals surface area contributed by atoms with Crippen LogP contribution in [0.3, 0.4) is 0 Å². The summed E-state index contributed by atoms with van der Waals surface area (Å²) in [5.74, 6) is 1.85. The van der Waals surface area contributed by atoms with Gasteiger partial charge < -0.3 is 9.84 Å².